The van der Waals surface area contributed by atoms with Crippen molar-refractivity contribution in [1.82, 2.24) is 9.55 Å². The van der Waals surface area contributed by atoms with Gasteiger partial charge in [-0.2, -0.15) is 0 Å². The number of hydrogen-bond donors (Lipinski definition) is 1. The minimum atomic E-state index is 0.672. The van der Waals surface area contributed by atoms with Crippen molar-refractivity contribution >= 4 is 5.95 Å². The van der Waals surface area contributed by atoms with E-state index < -0.39 is 0 Å². The molecule has 0 amide bonds. The van der Waals surface area contributed by atoms with Crippen molar-refractivity contribution in [3.8, 4) is 0 Å². The van der Waals surface area contributed by atoms with Gasteiger partial charge in [0.15, 0.2) is 0 Å². The summed E-state index contributed by atoms with van der Waals surface area (Å²) in [6.45, 7) is 5.04. The molecule has 94 valence electrons. The summed E-state index contributed by atoms with van der Waals surface area (Å²) in [4.78, 5) is 4.57. The highest BCUT2D eigenvalue weighted by atomic mass is 15.2. The third kappa shape index (κ3) is 2.26. The van der Waals surface area contributed by atoms with Crippen molar-refractivity contribution < 1.29 is 0 Å². The molecule has 1 aliphatic rings. The minimum Gasteiger partial charge on any atom is -0.352 e. The second kappa shape index (κ2) is 4.48. The molecule has 3 nitrogen and oxygen atoms in total. The first-order chi connectivity index (χ1) is 8.74. The molecule has 0 unspecified atom stereocenters. The molecule has 1 aliphatic carbocycles. The molecule has 3 heteroatoms. The van der Waals surface area contributed by atoms with Gasteiger partial charge in [0.25, 0.3) is 0 Å². The van der Waals surface area contributed by atoms with Gasteiger partial charge < -0.3 is 9.88 Å². The van der Waals surface area contributed by atoms with E-state index in [-0.39, 0.29) is 0 Å². The Balaban J connectivity index is 1.75. The molecule has 0 saturated heterocycles. The molecule has 0 radical (unpaired) electrons. The third-order valence-electron chi connectivity index (χ3n) is 3.49. The largest absolute Gasteiger partial charge is 0.352 e. The zero-order chi connectivity index (χ0) is 12.5. The second-order valence-electron chi connectivity index (χ2n) is 5.12. The molecular weight excluding hydrogens is 222 g/mol. The van der Waals surface area contributed by atoms with E-state index in [1.165, 1.54) is 24.0 Å². The van der Waals surface area contributed by atoms with Crippen molar-refractivity contribution in [2.24, 2.45) is 0 Å². The van der Waals surface area contributed by atoms with Crippen LogP contribution >= 0.6 is 0 Å². The zero-order valence-electron chi connectivity index (χ0n) is 11.0. The molecular formula is C15H19N3. The molecule has 0 spiro atoms. The Morgan fingerprint density at radius 3 is 2.78 bits per heavy atom. The zero-order valence-corrected chi connectivity index (χ0v) is 11.0. The molecule has 1 aromatic heterocycles. The lowest BCUT2D eigenvalue weighted by Gasteiger charge is -2.10. The lowest BCUT2D eigenvalue weighted by Crippen LogP contribution is -2.07. The number of imidazole rings is 1. The fourth-order valence-corrected chi connectivity index (χ4v) is 2.26. The number of anilines is 1. The predicted octanol–water partition coefficient (Wildman–Crippen LogP) is 3.45. The van der Waals surface area contributed by atoms with Crippen molar-refractivity contribution in [1.29, 1.82) is 0 Å². The van der Waals surface area contributed by atoms with Crippen LogP contribution in [0.3, 0.4) is 0 Å². The van der Waals surface area contributed by atoms with Crippen LogP contribution in [-0.2, 0) is 6.54 Å². The molecule has 0 atom stereocenters. The van der Waals surface area contributed by atoms with Crippen LogP contribution in [0.15, 0.2) is 30.5 Å². The van der Waals surface area contributed by atoms with Crippen LogP contribution in [0.5, 0.6) is 0 Å². The predicted molar refractivity (Wildman–Crippen MR) is 73.7 cm³/mol. The summed E-state index contributed by atoms with van der Waals surface area (Å²) in [6, 6.07) is 9.15. The van der Waals surface area contributed by atoms with Crippen LogP contribution < -0.4 is 5.32 Å². The summed E-state index contributed by atoms with van der Waals surface area (Å²) in [5, 5.41) is 3.46. The summed E-state index contributed by atoms with van der Waals surface area (Å²) in [5.41, 5.74) is 3.75. The average Bonchev–Trinajstić information content (AvgIpc) is 3.13. The Bertz CT molecular complexity index is 553. The average molecular weight is 241 g/mol. The van der Waals surface area contributed by atoms with Crippen LogP contribution in [0.4, 0.5) is 5.95 Å². The quantitative estimate of drug-likeness (QED) is 0.888. The molecule has 0 bridgehead atoms. The Kier molecular flexibility index (Phi) is 2.82. The van der Waals surface area contributed by atoms with Crippen molar-refractivity contribution in [2.45, 2.75) is 39.3 Å². The SMILES string of the molecule is Cc1cn(C2CC2)c(NCc2ccccc2C)n1. The first kappa shape index (κ1) is 11.3. The van der Waals surface area contributed by atoms with Gasteiger partial charge in [0.05, 0.1) is 5.69 Å². The summed E-state index contributed by atoms with van der Waals surface area (Å²) in [7, 11) is 0. The monoisotopic (exact) mass is 241 g/mol. The maximum Gasteiger partial charge on any atom is 0.203 e. The summed E-state index contributed by atoms with van der Waals surface area (Å²) in [6.07, 6.45) is 4.72. The fraction of sp³-hybridized carbons (Fsp3) is 0.400. The van der Waals surface area contributed by atoms with Crippen molar-refractivity contribution in [3.63, 3.8) is 0 Å². The highest BCUT2D eigenvalue weighted by Crippen LogP contribution is 2.37. The standard InChI is InChI=1S/C15H19N3/c1-11-5-3-4-6-13(11)9-16-15-17-12(2)10-18(15)14-7-8-14/h3-6,10,14H,7-9H2,1-2H3,(H,16,17). The summed E-state index contributed by atoms with van der Waals surface area (Å²) >= 11 is 0. The number of hydrogen-bond acceptors (Lipinski definition) is 2. The molecule has 3 rings (SSSR count). The van der Waals surface area contributed by atoms with E-state index in [1.807, 2.05) is 0 Å². The van der Waals surface area contributed by atoms with Crippen LogP contribution in [0.2, 0.25) is 0 Å². The number of nitrogens with one attached hydrogen (secondary N) is 1. The highest BCUT2D eigenvalue weighted by molar-refractivity contribution is 5.34. The molecule has 1 saturated carbocycles. The second-order valence-corrected chi connectivity index (χ2v) is 5.12. The smallest absolute Gasteiger partial charge is 0.203 e. The van der Waals surface area contributed by atoms with Crippen LogP contribution in [0.1, 0.15) is 35.7 Å². The number of aromatic nitrogens is 2. The van der Waals surface area contributed by atoms with Gasteiger partial charge in [-0.3, -0.25) is 0 Å². The summed E-state index contributed by atoms with van der Waals surface area (Å²) in [5.74, 6) is 1.01. The maximum absolute atomic E-state index is 4.57. The molecule has 1 heterocycles. The molecule has 1 N–H and O–H groups in total. The first-order valence-electron chi connectivity index (χ1n) is 6.58. The van der Waals surface area contributed by atoms with E-state index in [9.17, 15) is 0 Å². The molecule has 0 aliphatic heterocycles. The third-order valence-corrected chi connectivity index (χ3v) is 3.49. The Morgan fingerprint density at radius 2 is 2.06 bits per heavy atom. The molecule has 1 fully saturated rings. The van der Waals surface area contributed by atoms with Crippen LogP contribution in [0, 0.1) is 13.8 Å². The van der Waals surface area contributed by atoms with Gasteiger partial charge in [0.1, 0.15) is 0 Å². The minimum absolute atomic E-state index is 0.672. The number of nitrogens with zero attached hydrogens (tertiary/aromatic N) is 2. The van der Waals surface area contributed by atoms with Gasteiger partial charge in [0.2, 0.25) is 5.95 Å². The van der Waals surface area contributed by atoms with E-state index in [0.29, 0.717) is 6.04 Å². The Hall–Kier alpha value is -1.77. The lowest BCUT2D eigenvalue weighted by atomic mass is 10.1. The lowest BCUT2D eigenvalue weighted by molar-refractivity contribution is 0.742. The fourth-order valence-electron chi connectivity index (χ4n) is 2.26. The van der Waals surface area contributed by atoms with E-state index in [2.05, 4.69) is 59.2 Å². The van der Waals surface area contributed by atoms with Gasteiger partial charge in [-0.05, 0) is 37.8 Å². The molecule has 18 heavy (non-hydrogen) atoms. The van der Waals surface area contributed by atoms with Crippen LogP contribution in [0.25, 0.3) is 0 Å². The Labute approximate surface area is 108 Å². The van der Waals surface area contributed by atoms with E-state index in [0.717, 1.165) is 18.2 Å². The first-order valence-corrected chi connectivity index (χ1v) is 6.58. The van der Waals surface area contributed by atoms with E-state index >= 15 is 0 Å². The Morgan fingerprint density at radius 1 is 1.28 bits per heavy atom. The van der Waals surface area contributed by atoms with E-state index in [4.69, 9.17) is 0 Å². The van der Waals surface area contributed by atoms with Crippen LogP contribution in [-0.4, -0.2) is 9.55 Å². The van der Waals surface area contributed by atoms with Gasteiger partial charge in [-0.15, -0.1) is 0 Å². The van der Waals surface area contributed by atoms with Crippen molar-refractivity contribution in [2.75, 3.05) is 5.32 Å². The normalized spacial score (nSPS) is 14.8. The van der Waals surface area contributed by atoms with Gasteiger partial charge in [-0.1, -0.05) is 24.3 Å². The molecule has 1 aromatic carbocycles. The van der Waals surface area contributed by atoms with Gasteiger partial charge in [0, 0.05) is 18.8 Å². The van der Waals surface area contributed by atoms with Gasteiger partial charge >= 0.3 is 0 Å². The highest BCUT2D eigenvalue weighted by Gasteiger charge is 2.26. The molecule has 2 aromatic rings. The number of rotatable bonds is 4. The number of aryl methyl sites for hydroxylation is 2. The topological polar surface area (TPSA) is 29.9 Å². The van der Waals surface area contributed by atoms with Gasteiger partial charge in [-0.25, -0.2) is 4.98 Å². The number of benzene rings is 1. The maximum atomic E-state index is 4.57. The van der Waals surface area contributed by atoms with E-state index in [1.54, 1.807) is 0 Å². The van der Waals surface area contributed by atoms with Crippen molar-refractivity contribution in [3.05, 3.63) is 47.3 Å². The summed E-state index contributed by atoms with van der Waals surface area (Å²) < 4.78 is 2.29.